The van der Waals surface area contributed by atoms with Crippen molar-refractivity contribution in [3.63, 3.8) is 0 Å². The van der Waals surface area contributed by atoms with Crippen LogP contribution < -0.4 is 10.2 Å². The van der Waals surface area contributed by atoms with E-state index in [4.69, 9.17) is 0 Å². The highest BCUT2D eigenvalue weighted by Crippen LogP contribution is 2.31. The quantitative estimate of drug-likeness (QED) is 0.698. The van der Waals surface area contributed by atoms with Crippen molar-refractivity contribution in [3.8, 4) is 0 Å². The normalized spacial score (nSPS) is 19.1. The van der Waals surface area contributed by atoms with Crippen LogP contribution >= 0.6 is 22.7 Å². The van der Waals surface area contributed by atoms with E-state index in [1.807, 2.05) is 23.5 Å². The summed E-state index contributed by atoms with van der Waals surface area (Å²) >= 11 is 3.64. The van der Waals surface area contributed by atoms with Gasteiger partial charge in [0.2, 0.25) is 0 Å². The average Bonchev–Trinajstić information content (AvgIpc) is 3.32. The molecule has 5 heteroatoms. The van der Waals surface area contributed by atoms with E-state index in [0.717, 1.165) is 13.0 Å². The van der Waals surface area contributed by atoms with Gasteiger partial charge in [0.05, 0.1) is 11.4 Å². The minimum Gasteiger partial charge on any atom is -0.347 e. The second kappa shape index (κ2) is 7.74. The molecule has 0 saturated carbocycles. The van der Waals surface area contributed by atoms with Crippen molar-refractivity contribution in [2.45, 2.75) is 25.9 Å². The summed E-state index contributed by atoms with van der Waals surface area (Å²) in [5, 5.41) is 7.43. The van der Waals surface area contributed by atoms with Crippen molar-refractivity contribution in [1.29, 1.82) is 0 Å². The van der Waals surface area contributed by atoms with Crippen LogP contribution in [0, 0.1) is 6.92 Å². The number of quaternary nitrogens is 1. The standard InChI is InChI=1S/C21H22N2OS2/c1-15-5-2-3-6-16(15)13-22-20(24)14-23-10-8-18-17(9-12-26-18)21(23)19-7-4-11-25-19/h2-7,9,11-12,21H,8,10,13-14H2,1H3,(H,22,24)/p+1/t21-/m1/s1. The first kappa shape index (κ1) is 17.5. The Kier molecular flexibility index (Phi) is 5.20. The summed E-state index contributed by atoms with van der Waals surface area (Å²) < 4.78 is 0. The van der Waals surface area contributed by atoms with Gasteiger partial charge in [0.15, 0.2) is 6.54 Å². The Labute approximate surface area is 162 Å². The molecule has 0 bridgehead atoms. The Morgan fingerprint density at radius 2 is 2.04 bits per heavy atom. The van der Waals surface area contributed by atoms with E-state index < -0.39 is 0 Å². The molecule has 0 aliphatic carbocycles. The van der Waals surface area contributed by atoms with Crippen molar-refractivity contribution in [1.82, 2.24) is 5.32 Å². The summed E-state index contributed by atoms with van der Waals surface area (Å²) in [6.07, 6.45) is 1.06. The van der Waals surface area contributed by atoms with Crippen LogP contribution in [0.4, 0.5) is 0 Å². The Hall–Kier alpha value is -1.95. The van der Waals surface area contributed by atoms with Gasteiger partial charge in [-0.15, -0.1) is 22.7 Å². The predicted molar refractivity (Wildman–Crippen MR) is 108 cm³/mol. The molecule has 0 spiro atoms. The zero-order valence-corrected chi connectivity index (χ0v) is 16.5. The van der Waals surface area contributed by atoms with Crippen molar-refractivity contribution >= 4 is 28.6 Å². The lowest BCUT2D eigenvalue weighted by Crippen LogP contribution is -3.14. The van der Waals surface area contributed by atoms with Crippen molar-refractivity contribution < 1.29 is 9.69 Å². The number of aryl methyl sites for hydroxylation is 1. The maximum Gasteiger partial charge on any atom is 0.275 e. The summed E-state index contributed by atoms with van der Waals surface area (Å²) in [6, 6.07) is 15.1. The number of hydrogen-bond donors (Lipinski definition) is 2. The monoisotopic (exact) mass is 383 g/mol. The Balaban J connectivity index is 1.46. The maximum absolute atomic E-state index is 12.6. The van der Waals surface area contributed by atoms with Gasteiger partial charge >= 0.3 is 0 Å². The Morgan fingerprint density at radius 3 is 2.85 bits per heavy atom. The molecule has 1 unspecified atom stereocenters. The molecule has 0 radical (unpaired) electrons. The number of benzene rings is 1. The van der Waals surface area contributed by atoms with Gasteiger partial charge in [-0.3, -0.25) is 4.79 Å². The van der Waals surface area contributed by atoms with Crippen LogP contribution in [0.3, 0.4) is 0 Å². The number of carbonyl (C=O) groups is 1. The lowest BCUT2D eigenvalue weighted by molar-refractivity contribution is -0.919. The first-order valence-electron chi connectivity index (χ1n) is 8.98. The zero-order chi connectivity index (χ0) is 17.9. The molecule has 1 aliphatic heterocycles. The molecule has 26 heavy (non-hydrogen) atoms. The van der Waals surface area contributed by atoms with Crippen molar-refractivity contribution in [3.05, 3.63) is 79.7 Å². The van der Waals surface area contributed by atoms with Crippen LogP contribution in [0.15, 0.2) is 53.2 Å². The third kappa shape index (κ3) is 3.61. The summed E-state index contributed by atoms with van der Waals surface area (Å²) in [7, 11) is 0. The molecule has 4 rings (SSSR count). The third-order valence-electron chi connectivity index (χ3n) is 5.12. The van der Waals surface area contributed by atoms with Crippen LogP contribution in [-0.2, 0) is 17.8 Å². The molecule has 1 amide bonds. The van der Waals surface area contributed by atoms with Gasteiger partial charge in [-0.1, -0.05) is 30.3 Å². The van der Waals surface area contributed by atoms with E-state index in [2.05, 4.69) is 53.3 Å². The highest BCUT2D eigenvalue weighted by molar-refractivity contribution is 7.10. The number of fused-ring (bicyclic) bond motifs is 1. The molecule has 3 aromatic rings. The molecule has 0 fully saturated rings. The van der Waals surface area contributed by atoms with Gasteiger partial charge in [-0.2, -0.15) is 0 Å². The lowest BCUT2D eigenvalue weighted by atomic mass is 9.98. The second-order valence-electron chi connectivity index (χ2n) is 6.79. The van der Waals surface area contributed by atoms with Gasteiger partial charge in [0.1, 0.15) is 6.04 Å². The predicted octanol–water partition coefficient (Wildman–Crippen LogP) is 2.96. The minimum absolute atomic E-state index is 0.128. The van der Waals surface area contributed by atoms with Crippen LogP contribution in [0.2, 0.25) is 0 Å². The number of thiophene rings is 2. The number of amides is 1. The van der Waals surface area contributed by atoms with E-state index in [1.165, 1.54) is 31.3 Å². The zero-order valence-electron chi connectivity index (χ0n) is 14.8. The topological polar surface area (TPSA) is 33.5 Å². The molecule has 2 aromatic heterocycles. The summed E-state index contributed by atoms with van der Waals surface area (Å²) in [5.74, 6) is 0.128. The van der Waals surface area contributed by atoms with Crippen LogP contribution in [-0.4, -0.2) is 19.0 Å². The van der Waals surface area contributed by atoms with Gasteiger partial charge in [-0.05, 0) is 40.9 Å². The smallest absolute Gasteiger partial charge is 0.275 e. The summed E-state index contributed by atoms with van der Waals surface area (Å²) in [6.45, 7) is 4.21. The molecule has 0 saturated heterocycles. The maximum atomic E-state index is 12.6. The lowest BCUT2D eigenvalue weighted by Gasteiger charge is -2.31. The second-order valence-corrected chi connectivity index (χ2v) is 8.77. The van der Waals surface area contributed by atoms with E-state index in [9.17, 15) is 4.79 Å². The van der Waals surface area contributed by atoms with Crippen LogP contribution in [0.1, 0.15) is 32.5 Å². The SMILES string of the molecule is Cc1ccccc1CNC(=O)C[NH+]1CCc2sccc2[C@@H]1c1cccs1. The minimum atomic E-state index is 0.128. The van der Waals surface area contributed by atoms with E-state index >= 15 is 0 Å². The van der Waals surface area contributed by atoms with E-state index in [0.29, 0.717) is 13.1 Å². The Bertz CT molecular complexity index is 885. The fraction of sp³-hybridized carbons (Fsp3) is 0.286. The third-order valence-corrected chi connectivity index (χ3v) is 7.06. The Morgan fingerprint density at radius 1 is 1.15 bits per heavy atom. The highest BCUT2D eigenvalue weighted by atomic mass is 32.1. The van der Waals surface area contributed by atoms with Gasteiger partial charge < -0.3 is 10.2 Å². The largest absolute Gasteiger partial charge is 0.347 e. The van der Waals surface area contributed by atoms with E-state index in [-0.39, 0.29) is 11.9 Å². The number of carbonyl (C=O) groups excluding carboxylic acids is 1. The van der Waals surface area contributed by atoms with Crippen molar-refractivity contribution in [2.24, 2.45) is 0 Å². The first-order valence-corrected chi connectivity index (χ1v) is 10.7. The van der Waals surface area contributed by atoms with Crippen LogP contribution in [0.25, 0.3) is 0 Å². The molecular formula is C21H23N2OS2+. The molecule has 2 atom stereocenters. The molecule has 3 heterocycles. The molecule has 1 aliphatic rings. The average molecular weight is 384 g/mol. The van der Waals surface area contributed by atoms with Crippen LogP contribution in [0.5, 0.6) is 0 Å². The summed E-state index contributed by atoms with van der Waals surface area (Å²) in [5.41, 5.74) is 3.81. The fourth-order valence-electron chi connectivity index (χ4n) is 3.72. The fourth-order valence-corrected chi connectivity index (χ4v) is 5.54. The van der Waals surface area contributed by atoms with E-state index in [1.54, 1.807) is 11.3 Å². The van der Waals surface area contributed by atoms with Gasteiger partial charge in [-0.25, -0.2) is 0 Å². The number of hydrogen-bond acceptors (Lipinski definition) is 3. The molecule has 134 valence electrons. The van der Waals surface area contributed by atoms with Gasteiger partial charge in [0, 0.05) is 23.4 Å². The van der Waals surface area contributed by atoms with Crippen molar-refractivity contribution in [2.75, 3.05) is 13.1 Å². The number of rotatable bonds is 5. The highest BCUT2D eigenvalue weighted by Gasteiger charge is 2.34. The van der Waals surface area contributed by atoms with Gasteiger partial charge in [0.25, 0.3) is 5.91 Å². The molecule has 1 aromatic carbocycles. The number of nitrogens with one attached hydrogen (secondary N) is 2. The molecule has 3 nitrogen and oxygen atoms in total. The molecular weight excluding hydrogens is 360 g/mol. The summed E-state index contributed by atoms with van der Waals surface area (Å²) in [4.78, 5) is 16.8. The molecule has 2 N–H and O–H groups in total. The first-order chi connectivity index (χ1) is 12.7.